The molecule has 1 aliphatic heterocycles. The predicted octanol–water partition coefficient (Wildman–Crippen LogP) is 4.60. The molecule has 0 spiro atoms. The third-order valence-electron chi connectivity index (χ3n) is 4.76. The maximum Gasteiger partial charge on any atom is 0.140 e. The van der Waals surface area contributed by atoms with Crippen molar-refractivity contribution in [3.8, 4) is 11.4 Å². The van der Waals surface area contributed by atoms with Crippen LogP contribution in [0.25, 0.3) is 11.4 Å². The number of carbonyl (C=O) groups excluding carboxylic acids is 1. The number of benzene rings is 1. The molecule has 0 unspecified atom stereocenters. The number of rotatable bonds is 7. The van der Waals surface area contributed by atoms with Gasteiger partial charge in [-0.2, -0.15) is 0 Å². The van der Waals surface area contributed by atoms with Crippen LogP contribution in [0.1, 0.15) is 45.7 Å². The molecule has 0 amide bonds. The maximum absolute atomic E-state index is 12.3. The summed E-state index contributed by atoms with van der Waals surface area (Å²) in [5, 5.41) is 0. The Labute approximate surface area is 149 Å². The van der Waals surface area contributed by atoms with Gasteiger partial charge in [0.2, 0.25) is 0 Å². The fraction of sp³-hybridized carbons (Fsp3) is 0.381. The first-order valence-corrected chi connectivity index (χ1v) is 8.92. The summed E-state index contributed by atoms with van der Waals surface area (Å²) in [6, 6.07) is 10.2. The summed E-state index contributed by atoms with van der Waals surface area (Å²) in [6.07, 6.45) is 4.49. The molecule has 4 nitrogen and oxygen atoms in total. The van der Waals surface area contributed by atoms with Crippen molar-refractivity contribution in [2.75, 3.05) is 0 Å². The van der Waals surface area contributed by atoms with Gasteiger partial charge in [0.25, 0.3) is 0 Å². The lowest BCUT2D eigenvalue weighted by molar-refractivity contribution is -0.117. The molecule has 0 radical (unpaired) electrons. The van der Waals surface area contributed by atoms with E-state index in [1.54, 1.807) is 0 Å². The first-order valence-electron chi connectivity index (χ1n) is 8.92. The molecule has 0 N–H and O–H groups in total. The van der Waals surface area contributed by atoms with E-state index in [1.165, 1.54) is 5.57 Å². The number of carbonyl (C=O) groups is 1. The van der Waals surface area contributed by atoms with Crippen LogP contribution < -0.4 is 0 Å². The van der Waals surface area contributed by atoms with E-state index >= 15 is 0 Å². The van der Waals surface area contributed by atoms with Crippen molar-refractivity contribution in [1.82, 2.24) is 9.55 Å². The number of aliphatic imine (C=N–C) groups is 1. The van der Waals surface area contributed by atoms with Gasteiger partial charge in [-0.25, -0.2) is 4.98 Å². The molecule has 2 heterocycles. The van der Waals surface area contributed by atoms with E-state index < -0.39 is 0 Å². The first kappa shape index (κ1) is 17.3. The second-order valence-corrected chi connectivity index (χ2v) is 6.62. The van der Waals surface area contributed by atoms with Gasteiger partial charge in [-0.3, -0.25) is 9.79 Å². The zero-order valence-corrected chi connectivity index (χ0v) is 15.2. The minimum atomic E-state index is 0.256. The average Bonchev–Trinajstić information content (AvgIpc) is 3.16. The second kappa shape index (κ2) is 7.60. The molecule has 0 fully saturated rings. The molecule has 0 saturated carbocycles. The molecule has 3 rings (SSSR count). The van der Waals surface area contributed by atoms with Gasteiger partial charge < -0.3 is 4.57 Å². The summed E-state index contributed by atoms with van der Waals surface area (Å²) in [5.74, 6) is 1.23. The minimum Gasteiger partial charge on any atom is -0.328 e. The Kier molecular flexibility index (Phi) is 5.27. The Bertz CT molecular complexity index is 828. The highest BCUT2D eigenvalue weighted by Gasteiger charge is 2.16. The van der Waals surface area contributed by atoms with Crippen LogP contribution in [0.4, 0.5) is 0 Å². The van der Waals surface area contributed by atoms with E-state index in [-0.39, 0.29) is 5.78 Å². The van der Waals surface area contributed by atoms with E-state index in [1.807, 2.05) is 31.3 Å². The van der Waals surface area contributed by atoms with E-state index in [4.69, 9.17) is 0 Å². The number of aromatic nitrogens is 2. The number of hydrogen-bond acceptors (Lipinski definition) is 3. The van der Waals surface area contributed by atoms with Gasteiger partial charge in [-0.1, -0.05) is 30.3 Å². The number of hydrogen-bond donors (Lipinski definition) is 0. The Hall–Kier alpha value is -2.49. The average molecular weight is 335 g/mol. The summed E-state index contributed by atoms with van der Waals surface area (Å²) < 4.78 is 2.20. The molecule has 1 aromatic carbocycles. The molecule has 25 heavy (non-hydrogen) atoms. The minimum absolute atomic E-state index is 0.256. The summed E-state index contributed by atoms with van der Waals surface area (Å²) in [7, 11) is 0. The Morgan fingerprint density at radius 3 is 2.60 bits per heavy atom. The van der Waals surface area contributed by atoms with E-state index in [0.717, 1.165) is 47.9 Å². The largest absolute Gasteiger partial charge is 0.328 e. The van der Waals surface area contributed by atoms with Crippen molar-refractivity contribution in [2.45, 2.75) is 53.0 Å². The molecule has 2 aromatic rings. The molecule has 0 saturated heterocycles. The quantitative estimate of drug-likeness (QED) is 0.742. The van der Waals surface area contributed by atoms with Crippen molar-refractivity contribution in [2.24, 2.45) is 4.99 Å². The lowest BCUT2D eigenvalue weighted by Gasteiger charge is -2.09. The lowest BCUT2D eigenvalue weighted by Crippen LogP contribution is -2.09. The number of aryl methyl sites for hydroxylation is 1. The van der Waals surface area contributed by atoms with E-state index in [0.29, 0.717) is 12.8 Å². The normalized spacial score (nSPS) is 14.1. The molecule has 1 aromatic heterocycles. The van der Waals surface area contributed by atoms with Crippen LogP contribution in [-0.4, -0.2) is 21.0 Å². The van der Waals surface area contributed by atoms with Crippen LogP contribution in [0.15, 0.2) is 52.8 Å². The van der Waals surface area contributed by atoms with Gasteiger partial charge in [0.15, 0.2) is 0 Å². The molecular formula is C21H25N3O. The third-order valence-corrected chi connectivity index (χ3v) is 4.76. The SMILES string of the molecule is CCn1c(CCC(=O)CC2=NC(C)=C(C)C2)cnc1-c1ccccc1. The number of ketones is 1. The Morgan fingerprint density at radius 2 is 1.96 bits per heavy atom. The zero-order valence-electron chi connectivity index (χ0n) is 15.2. The monoisotopic (exact) mass is 335 g/mol. The van der Waals surface area contributed by atoms with E-state index in [2.05, 4.69) is 40.5 Å². The van der Waals surface area contributed by atoms with Crippen LogP contribution in [0.3, 0.4) is 0 Å². The standard InChI is InChI=1S/C21H25N3O/c1-4-24-19(14-22-21(24)17-8-6-5-7-9-17)10-11-20(25)13-18-12-15(2)16(3)23-18/h5-9,14H,4,10-13H2,1-3H3. The van der Waals surface area contributed by atoms with Gasteiger partial charge in [0, 0.05) is 54.7 Å². The molecule has 1 aliphatic rings. The third kappa shape index (κ3) is 3.95. The van der Waals surface area contributed by atoms with Crippen LogP contribution >= 0.6 is 0 Å². The second-order valence-electron chi connectivity index (χ2n) is 6.62. The zero-order chi connectivity index (χ0) is 17.8. The Balaban J connectivity index is 1.63. The van der Waals surface area contributed by atoms with Gasteiger partial charge >= 0.3 is 0 Å². The number of Topliss-reactive ketones (excluding diaryl/α,β-unsaturated/α-hetero) is 1. The van der Waals surface area contributed by atoms with E-state index in [9.17, 15) is 4.79 Å². The smallest absolute Gasteiger partial charge is 0.140 e. The maximum atomic E-state index is 12.3. The van der Waals surface area contributed by atoms with Crippen LogP contribution in [-0.2, 0) is 17.8 Å². The van der Waals surface area contributed by atoms with Crippen molar-refractivity contribution in [3.05, 3.63) is 53.5 Å². The highest BCUT2D eigenvalue weighted by Crippen LogP contribution is 2.22. The summed E-state index contributed by atoms with van der Waals surface area (Å²) >= 11 is 0. The molecule has 0 atom stereocenters. The summed E-state index contributed by atoms with van der Waals surface area (Å²) in [5.41, 5.74) is 5.58. The van der Waals surface area contributed by atoms with Gasteiger partial charge in [-0.15, -0.1) is 0 Å². The van der Waals surface area contributed by atoms with Gasteiger partial charge in [0.1, 0.15) is 11.6 Å². The lowest BCUT2D eigenvalue weighted by atomic mass is 10.0. The van der Waals surface area contributed by atoms with Crippen molar-refractivity contribution < 1.29 is 4.79 Å². The number of imidazole rings is 1. The van der Waals surface area contributed by atoms with Crippen molar-refractivity contribution >= 4 is 11.5 Å². The fourth-order valence-electron chi connectivity index (χ4n) is 3.27. The number of nitrogens with zero attached hydrogens (tertiary/aromatic N) is 3. The molecular weight excluding hydrogens is 310 g/mol. The fourth-order valence-corrected chi connectivity index (χ4v) is 3.27. The van der Waals surface area contributed by atoms with Crippen LogP contribution in [0.2, 0.25) is 0 Å². The van der Waals surface area contributed by atoms with Crippen molar-refractivity contribution in [3.63, 3.8) is 0 Å². The van der Waals surface area contributed by atoms with Gasteiger partial charge in [-0.05, 0) is 32.8 Å². The highest BCUT2D eigenvalue weighted by molar-refractivity contribution is 6.04. The first-order chi connectivity index (χ1) is 12.1. The van der Waals surface area contributed by atoms with Crippen LogP contribution in [0, 0.1) is 0 Å². The van der Waals surface area contributed by atoms with Crippen molar-refractivity contribution in [1.29, 1.82) is 0 Å². The predicted molar refractivity (Wildman–Crippen MR) is 102 cm³/mol. The molecule has 0 aliphatic carbocycles. The Morgan fingerprint density at radius 1 is 1.20 bits per heavy atom. The van der Waals surface area contributed by atoms with Gasteiger partial charge in [0.05, 0.1) is 0 Å². The molecule has 130 valence electrons. The summed E-state index contributed by atoms with van der Waals surface area (Å²) in [4.78, 5) is 21.4. The summed E-state index contributed by atoms with van der Waals surface area (Å²) in [6.45, 7) is 7.06. The number of allylic oxidation sites excluding steroid dienone is 2. The topological polar surface area (TPSA) is 47.2 Å². The molecule has 0 bridgehead atoms. The highest BCUT2D eigenvalue weighted by atomic mass is 16.1. The molecule has 4 heteroatoms. The van der Waals surface area contributed by atoms with Crippen LogP contribution in [0.5, 0.6) is 0 Å².